The third-order valence-electron chi connectivity index (χ3n) is 2.56. The van der Waals surface area contributed by atoms with Gasteiger partial charge in [-0.1, -0.05) is 38.5 Å². The van der Waals surface area contributed by atoms with Crippen molar-refractivity contribution in [2.24, 2.45) is 5.73 Å². The number of hydrogen-bond donors (Lipinski definition) is 2. The summed E-state index contributed by atoms with van der Waals surface area (Å²) < 4.78 is 0. The van der Waals surface area contributed by atoms with E-state index < -0.39 is 5.97 Å². The van der Waals surface area contributed by atoms with E-state index in [4.69, 9.17) is 10.8 Å². The predicted octanol–water partition coefficient (Wildman–Crippen LogP) is 2.46. The normalized spacial score (nSPS) is 14.8. The van der Waals surface area contributed by atoms with Crippen molar-refractivity contribution in [1.29, 1.82) is 0 Å². The van der Waals surface area contributed by atoms with Crippen LogP contribution in [0.5, 0.6) is 0 Å². The van der Waals surface area contributed by atoms with Crippen molar-refractivity contribution >= 4 is 11.9 Å². The van der Waals surface area contributed by atoms with Gasteiger partial charge in [0, 0.05) is 12.8 Å². The smallest absolute Gasteiger partial charge is 0.303 e. The highest BCUT2D eigenvalue weighted by Crippen LogP contribution is 2.15. The Morgan fingerprint density at radius 2 is 1.25 bits per heavy atom. The molecule has 0 aromatic rings. The Kier molecular flexibility index (Phi) is 9.76. The first kappa shape index (κ1) is 14.9. The van der Waals surface area contributed by atoms with Crippen molar-refractivity contribution in [2.75, 3.05) is 0 Å². The Bertz CT molecular complexity index is 173. The van der Waals surface area contributed by atoms with Gasteiger partial charge in [-0.15, -0.1) is 0 Å². The van der Waals surface area contributed by atoms with Crippen LogP contribution in [0.25, 0.3) is 0 Å². The SMILES string of the molecule is C1CCCCC1.NC(=O)CCCCC(=O)O. The maximum absolute atomic E-state index is 10.1. The number of carboxylic acid groups (broad SMARTS) is 1. The summed E-state index contributed by atoms with van der Waals surface area (Å²) >= 11 is 0. The van der Waals surface area contributed by atoms with Gasteiger partial charge < -0.3 is 10.8 Å². The first-order valence-corrected chi connectivity index (χ1v) is 6.13. The molecule has 1 aliphatic rings. The second-order valence-corrected chi connectivity index (χ2v) is 4.19. The summed E-state index contributed by atoms with van der Waals surface area (Å²) in [5.41, 5.74) is 4.82. The van der Waals surface area contributed by atoms with E-state index in [1.807, 2.05) is 0 Å². The third-order valence-corrected chi connectivity index (χ3v) is 2.56. The number of amides is 1. The van der Waals surface area contributed by atoms with Gasteiger partial charge in [0.05, 0.1) is 0 Å². The molecule has 0 radical (unpaired) electrons. The molecule has 1 rings (SSSR count). The van der Waals surface area contributed by atoms with Crippen molar-refractivity contribution < 1.29 is 14.7 Å². The summed E-state index contributed by atoms with van der Waals surface area (Å²) in [6.45, 7) is 0. The molecule has 1 amide bonds. The maximum Gasteiger partial charge on any atom is 0.303 e. The van der Waals surface area contributed by atoms with E-state index in [-0.39, 0.29) is 18.7 Å². The van der Waals surface area contributed by atoms with Crippen molar-refractivity contribution in [3.8, 4) is 0 Å². The molecule has 0 atom stereocenters. The minimum Gasteiger partial charge on any atom is -0.481 e. The first-order valence-electron chi connectivity index (χ1n) is 6.13. The van der Waals surface area contributed by atoms with E-state index in [9.17, 15) is 9.59 Å². The highest BCUT2D eigenvalue weighted by Gasteiger charge is 1.97. The lowest BCUT2D eigenvalue weighted by Gasteiger charge is -2.05. The summed E-state index contributed by atoms with van der Waals surface area (Å²) in [7, 11) is 0. The van der Waals surface area contributed by atoms with Gasteiger partial charge in [-0.2, -0.15) is 0 Å². The first-order chi connectivity index (χ1) is 7.63. The third kappa shape index (κ3) is 12.9. The minimum absolute atomic E-state index is 0.118. The number of carboxylic acids is 1. The van der Waals surface area contributed by atoms with Gasteiger partial charge in [0.1, 0.15) is 0 Å². The monoisotopic (exact) mass is 229 g/mol. The average molecular weight is 229 g/mol. The summed E-state index contributed by atoms with van der Waals surface area (Å²) in [5, 5.41) is 8.16. The van der Waals surface area contributed by atoms with Crippen LogP contribution in [0.3, 0.4) is 0 Å². The largest absolute Gasteiger partial charge is 0.481 e. The Hall–Kier alpha value is -1.06. The molecule has 1 saturated carbocycles. The number of hydrogen-bond acceptors (Lipinski definition) is 2. The summed E-state index contributed by atoms with van der Waals surface area (Å²) in [5.74, 6) is -1.20. The lowest BCUT2D eigenvalue weighted by atomic mass is 10.0. The molecule has 4 nitrogen and oxygen atoms in total. The van der Waals surface area contributed by atoms with Crippen LogP contribution in [0, 0.1) is 0 Å². The van der Waals surface area contributed by atoms with E-state index in [0.29, 0.717) is 12.8 Å². The van der Waals surface area contributed by atoms with E-state index >= 15 is 0 Å². The Balaban J connectivity index is 0.000000315. The van der Waals surface area contributed by atoms with E-state index in [1.165, 1.54) is 38.5 Å². The van der Waals surface area contributed by atoms with Gasteiger partial charge in [-0.05, 0) is 12.8 Å². The Morgan fingerprint density at radius 3 is 1.56 bits per heavy atom. The van der Waals surface area contributed by atoms with Crippen molar-refractivity contribution in [1.82, 2.24) is 0 Å². The Labute approximate surface area is 97.2 Å². The van der Waals surface area contributed by atoms with E-state index in [1.54, 1.807) is 0 Å². The summed E-state index contributed by atoms with van der Waals surface area (Å²) in [4.78, 5) is 20.0. The fourth-order valence-electron chi connectivity index (χ4n) is 1.64. The number of carbonyl (C=O) groups excluding carboxylic acids is 1. The fourth-order valence-corrected chi connectivity index (χ4v) is 1.64. The van der Waals surface area contributed by atoms with Gasteiger partial charge >= 0.3 is 5.97 Å². The lowest BCUT2D eigenvalue weighted by molar-refractivity contribution is -0.137. The van der Waals surface area contributed by atoms with Crippen LogP contribution in [-0.2, 0) is 9.59 Å². The number of unbranched alkanes of at least 4 members (excludes halogenated alkanes) is 1. The number of nitrogens with two attached hydrogens (primary N) is 1. The lowest BCUT2D eigenvalue weighted by Crippen LogP contribution is -2.09. The Morgan fingerprint density at radius 1 is 0.875 bits per heavy atom. The molecule has 0 saturated heterocycles. The molecule has 0 spiro atoms. The van der Waals surface area contributed by atoms with Crippen molar-refractivity contribution in [3.63, 3.8) is 0 Å². The molecule has 3 N–H and O–H groups in total. The molecule has 16 heavy (non-hydrogen) atoms. The molecule has 94 valence electrons. The number of aliphatic carboxylic acids is 1. The van der Waals surface area contributed by atoms with Crippen LogP contribution < -0.4 is 5.73 Å². The molecule has 0 aromatic carbocycles. The molecule has 0 aliphatic heterocycles. The van der Waals surface area contributed by atoms with Gasteiger partial charge in [-0.3, -0.25) is 9.59 Å². The number of primary amides is 1. The van der Waals surface area contributed by atoms with E-state index in [0.717, 1.165) is 0 Å². The highest BCUT2D eigenvalue weighted by atomic mass is 16.4. The number of rotatable bonds is 5. The standard InChI is InChI=1S/C6H11NO3.C6H12/c7-5(8)3-1-2-4-6(9)10;1-2-4-6-5-3-1/h1-4H2,(H2,7,8)(H,9,10);1-6H2. The van der Waals surface area contributed by atoms with Crippen LogP contribution in [-0.4, -0.2) is 17.0 Å². The topological polar surface area (TPSA) is 80.4 Å². The van der Waals surface area contributed by atoms with Crippen molar-refractivity contribution in [2.45, 2.75) is 64.2 Å². The molecule has 0 heterocycles. The van der Waals surface area contributed by atoms with Gasteiger partial charge in [0.2, 0.25) is 5.91 Å². The molecule has 4 heteroatoms. The molecular weight excluding hydrogens is 206 g/mol. The maximum atomic E-state index is 10.1. The average Bonchev–Trinajstić information content (AvgIpc) is 2.27. The highest BCUT2D eigenvalue weighted by molar-refractivity contribution is 5.73. The van der Waals surface area contributed by atoms with Gasteiger partial charge in [0.15, 0.2) is 0 Å². The number of carbonyl (C=O) groups is 2. The molecule has 0 unspecified atom stereocenters. The van der Waals surface area contributed by atoms with Crippen LogP contribution in [0.15, 0.2) is 0 Å². The second kappa shape index (κ2) is 10.5. The van der Waals surface area contributed by atoms with Crippen LogP contribution in [0.1, 0.15) is 64.2 Å². The summed E-state index contributed by atoms with van der Waals surface area (Å²) in [6.07, 6.45) is 10.5. The fraction of sp³-hybridized carbons (Fsp3) is 0.833. The molecule has 0 bridgehead atoms. The molecule has 1 aliphatic carbocycles. The van der Waals surface area contributed by atoms with Crippen molar-refractivity contribution in [3.05, 3.63) is 0 Å². The zero-order valence-electron chi connectivity index (χ0n) is 9.91. The molecular formula is C12H23NO3. The van der Waals surface area contributed by atoms with Gasteiger partial charge in [0.25, 0.3) is 0 Å². The summed E-state index contributed by atoms with van der Waals surface area (Å²) in [6, 6.07) is 0. The quantitative estimate of drug-likeness (QED) is 0.710. The second-order valence-electron chi connectivity index (χ2n) is 4.19. The predicted molar refractivity (Wildman–Crippen MR) is 63.0 cm³/mol. The molecule has 1 fully saturated rings. The van der Waals surface area contributed by atoms with Crippen LogP contribution in [0.2, 0.25) is 0 Å². The van der Waals surface area contributed by atoms with E-state index in [2.05, 4.69) is 0 Å². The zero-order valence-corrected chi connectivity index (χ0v) is 9.91. The zero-order chi connectivity index (χ0) is 12.2. The molecule has 0 aromatic heterocycles. The van der Waals surface area contributed by atoms with Crippen LogP contribution in [0.4, 0.5) is 0 Å². The van der Waals surface area contributed by atoms with Crippen LogP contribution >= 0.6 is 0 Å². The van der Waals surface area contributed by atoms with Gasteiger partial charge in [-0.25, -0.2) is 0 Å². The minimum atomic E-state index is -0.829.